The highest BCUT2D eigenvalue weighted by atomic mass is 16.5. The summed E-state index contributed by atoms with van der Waals surface area (Å²) in [6, 6.07) is 9.36. The van der Waals surface area contributed by atoms with Crippen LogP contribution < -0.4 is 5.32 Å². The molecule has 8 nitrogen and oxygen atoms in total. The molecule has 28 heavy (non-hydrogen) atoms. The number of benzene rings is 1. The van der Waals surface area contributed by atoms with Crippen molar-refractivity contribution in [2.45, 2.75) is 25.3 Å². The summed E-state index contributed by atoms with van der Waals surface area (Å²) in [6.45, 7) is 0. The number of esters is 1. The Hall–Kier alpha value is -3.55. The van der Waals surface area contributed by atoms with Crippen LogP contribution in [-0.2, 0) is 20.7 Å². The molecule has 146 valence electrons. The highest BCUT2D eigenvalue weighted by Crippen LogP contribution is 2.16. The molecule has 1 aromatic heterocycles. The number of ether oxygens (including phenoxy) is 1. The van der Waals surface area contributed by atoms with Gasteiger partial charge in [0.1, 0.15) is 18.2 Å². The predicted molar refractivity (Wildman–Crippen MR) is 105 cm³/mol. The van der Waals surface area contributed by atoms with Gasteiger partial charge in [-0.15, -0.1) is 0 Å². The Kier molecular flexibility index (Phi) is 8.86. The van der Waals surface area contributed by atoms with Crippen LogP contribution in [0.15, 0.2) is 66.1 Å². The first-order valence-corrected chi connectivity index (χ1v) is 8.79. The maximum atomic E-state index is 11.8. The van der Waals surface area contributed by atoms with E-state index < -0.39 is 6.04 Å². The zero-order chi connectivity index (χ0) is 20.0. The summed E-state index contributed by atoms with van der Waals surface area (Å²) in [5.41, 5.74) is 1.13. The fraction of sp³-hybridized carbons (Fsp3) is 0.250. The van der Waals surface area contributed by atoms with Crippen LogP contribution in [0.25, 0.3) is 0 Å². The molecule has 0 saturated carbocycles. The molecule has 1 heterocycles. The van der Waals surface area contributed by atoms with Crippen LogP contribution >= 0.6 is 0 Å². The fourth-order valence-corrected chi connectivity index (χ4v) is 2.28. The zero-order valence-electron chi connectivity index (χ0n) is 15.6. The van der Waals surface area contributed by atoms with Gasteiger partial charge in [-0.3, -0.25) is 19.7 Å². The molecule has 0 fully saturated rings. The van der Waals surface area contributed by atoms with E-state index in [9.17, 15) is 9.59 Å². The normalized spacial score (nSPS) is 12.6. The van der Waals surface area contributed by atoms with Crippen molar-refractivity contribution in [1.82, 2.24) is 20.5 Å². The fourth-order valence-electron chi connectivity index (χ4n) is 2.28. The van der Waals surface area contributed by atoms with Gasteiger partial charge in [0.25, 0.3) is 0 Å². The number of amides is 1. The number of nitrogens with one attached hydrogen (secondary N) is 2. The number of allylic oxidation sites excluding steroid dienone is 3. The third kappa shape index (κ3) is 7.77. The van der Waals surface area contributed by atoms with Crippen LogP contribution in [0.3, 0.4) is 0 Å². The second-order valence-electron chi connectivity index (χ2n) is 5.76. The Labute approximate surface area is 163 Å². The second kappa shape index (κ2) is 11.9. The summed E-state index contributed by atoms with van der Waals surface area (Å²) in [5, 5.41) is 9.17. The number of rotatable bonds is 10. The maximum Gasteiger partial charge on any atom is 0.308 e. The van der Waals surface area contributed by atoms with Crippen LogP contribution in [0.4, 0.5) is 0 Å². The molecule has 8 heteroatoms. The molecule has 0 aliphatic heterocycles. The molecule has 0 bridgehead atoms. The van der Waals surface area contributed by atoms with Gasteiger partial charge in [-0.1, -0.05) is 36.4 Å². The SMILES string of the molecule is COC(=O)CC(N=CC=CC=CNC(=O)CCc1ccccc1)c1ncn[nH]1. The minimum absolute atomic E-state index is 0.0503. The summed E-state index contributed by atoms with van der Waals surface area (Å²) < 4.78 is 4.66. The largest absolute Gasteiger partial charge is 0.469 e. The Balaban J connectivity index is 1.74. The number of carbonyl (C=O) groups is 2. The topological polar surface area (TPSA) is 109 Å². The first-order chi connectivity index (χ1) is 13.7. The van der Waals surface area contributed by atoms with Gasteiger partial charge >= 0.3 is 5.97 Å². The maximum absolute atomic E-state index is 11.8. The Morgan fingerprint density at radius 3 is 2.79 bits per heavy atom. The quantitative estimate of drug-likeness (QED) is 0.373. The third-order valence-corrected chi connectivity index (χ3v) is 3.74. The van der Waals surface area contributed by atoms with Crippen molar-refractivity contribution in [3.63, 3.8) is 0 Å². The number of hydrogen-bond acceptors (Lipinski definition) is 6. The standard InChI is InChI=1S/C20H23N5O3/c1-28-19(27)14-17(20-23-15-24-25-20)21-12-6-3-7-13-22-18(26)11-10-16-8-4-2-5-9-16/h2-9,12-13,15,17H,10-11,14H2,1H3,(H,22,26)(H,23,24,25). The van der Waals surface area contributed by atoms with Gasteiger partial charge in [0.15, 0.2) is 0 Å². The Morgan fingerprint density at radius 2 is 2.07 bits per heavy atom. The van der Waals surface area contributed by atoms with Crippen LogP contribution in [0.1, 0.15) is 30.3 Å². The second-order valence-corrected chi connectivity index (χ2v) is 5.76. The molecule has 1 atom stereocenters. The number of aliphatic imine (C=N–C) groups is 1. The van der Waals surface area contributed by atoms with Crippen LogP contribution in [0.2, 0.25) is 0 Å². The summed E-state index contributed by atoms with van der Waals surface area (Å²) >= 11 is 0. The zero-order valence-corrected chi connectivity index (χ0v) is 15.6. The lowest BCUT2D eigenvalue weighted by molar-refractivity contribution is -0.141. The lowest BCUT2D eigenvalue weighted by Gasteiger charge is -2.06. The van der Waals surface area contributed by atoms with E-state index in [0.717, 1.165) is 5.56 Å². The van der Waals surface area contributed by atoms with E-state index in [1.807, 2.05) is 30.3 Å². The molecule has 0 aliphatic rings. The first kappa shape index (κ1) is 20.8. The number of aromatic nitrogens is 3. The predicted octanol–water partition coefficient (Wildman–Crippen LogP) is 2.30. The Bertz CT molecular complexity index is 814. The van der Waals surface area contributed by atoms with Gasteiger partial charge in [0.05, 0.1) is 13.5 Å². The molecule has 0 saturated heterocycles. The molecular formula is C20H23N5O3. The number of nitrogens with zero attached hydrogens (tertiary/aromatic N) is 3. The number of carbonyl (C=O) groups excluding carboxylic acids is 2. The lowest BCUT2D eigenvalue weighted by atomic mass is 10.1. The smallest absolute Gasteiger partial charge is 0.308 e. The van der Waals surface area contributed by atoms with Crippen molar-refractivity contribution in [2.24, 2.45) is 4.99 Å². The number of aromatic amines is 1. The van der Waals surface area contributed by atoms with E-state index >= 15 is 0 Å². The minimum Gasteiger partial charge on any atom is -0.469 e. The van der Waals surface area contributed by atoms with Crippen molar-refractivity contribution in [2.75, 3.05) is 7.11 Å². The van der Waals surface area contributed by atoms with E-state index in [2.05, 4.69) is 30.2 Å². The molecule has 0 spiro atoms. The van der Waals surface area contributed by atoms with E-state index in [1.165, 1.54) is 13.4 Å². The van der Waals surface area contributed by atoms with E-state index in [-0.39, 0.29) is 18.3 Å². The average Bonchev–Trinajstić information content (AvgIpc) is 3.26. The summed E-state index contributed by atoms with van der Waals surface area (Å²) in [7, 11) is 1.32. The number of hydrogen-bond donors (Lipinski definition) is 2. The molecule has 1 aromatic carbocycles. The third-order valence-electron chi connectivity index (χ3n) is 3.74. The van der Waals surface area contributed by atoms with Crippen molar-refractivity contribution in [1.29, 1.82) is 0 Å². The van der Waals surface area contributed by atoms with E-state index in [0.29, 0.717) is 18.7 Å². The lowest BCUT2D eigenvalue weighted by Crippen LogP contribution is -2.17. The molecule has 0 radical (unpaired) electrons. The monoisotopic (exact) mass is 381 g/mol. The molecule has 1 unspecified atom stereocenters. The van der Waals surface area contributed by atoms with E-state index in [4.69, 9.17) is 0 Å². The van der Waals surface area contributed by atoms with Crippen molar-refractivity contribution < 1.29 is 14.3 Å². The van der Waals surface area contributed by atoms with Gasteiger partial charge in [-0.2, -0.15) is 5.10 Å². The van der Waals surface area contributed by atoms with Crippen LogP contribution in [0, 0.1) is 0 Å². The molecule has 2 N–H and O–H groups in total. The summed E-state index contributed by atoms with van der Waals surface area (Å²) in [6.07, 6.45) is 10.8. The molecule has 1 amide bonds. The van der Waals surface area contributed by atoms with Gasteiger partial charge in [-0.25, -0.2) is 4.98 Å². The van der Waals surface area contributed by atoms with Crippen LogP contribution in [0.5, 0.6) is 0 Å². The molecule has 2 aromatic rings. The first-order valence-electron chi connectivity index (χ1n) is 8.79. The van der Waals surface area contributed by atoms with Gasteiger partial charge in [0.2, 0.25) is 5.91 Å². The van der Waals surface area contributed by atoms with Gasteiger partial charge < -0.3 is 10.1 Å². The number of methoxy groups -OCH3 is 1. The summed E-state index contributed by atoms with van der Waals surface area (Å²) in [5.74, 6) is 0.0440. The highest BCUT2D eigenvalue weighted by molar-refractivity contribution is 5.77. The van der Waals surface area contributed by atoms with Crippen molar-refractivity contribution >= 4 is 18.1 Å². The van der Waals surface area contributed by atoms with Gasteiger partial charge in [-0.05, 0) is 24.1 Å². The van der Waals surface area contributed by atoms with Crippen LogP contribution in [-0.4, -0.2) is 40.4 Å². The van der Waals surface area contributed by atoms with Gasteiger partial charge in [0, 0.05) is 18.8 Å². The average molecular weight is 381 g/mol. The molecular weight excluding hydrogens is 358 g/mol. The highest BCUT2D eigenvalue weighted by Gasteiger charge is 2.17. The van der Waals surface area contributed by atoms with Crippen molar-refractivity contribution in [3.8, 4) is 0 Å². The minimum atomic E-state index is -0.499. The molecule has 0 aliphatic carbocycles. The summed E-state index contributed by atoms with van der Waals surface area (Å²) in [4.78, 5) is 31.6. The van der Waals surface area contributed by atoms with Crippen molar-refractivity contribution in [3.05, 3.63) is 72.5 Å². The molecule has 2 rings (SSSR count). The number of aryl methyl sites for hydroxylation is 1. The Morgan fingerprint density at radius 1 is 1.25 bits per heavy atom. The number of H-pyrrole nitrogens is 1. The van der Waals surface area contributed by atoms with E-state index in [1.54, 1.807) is 30.6 Å².